The summed E-state index contributed by atoms with van der Waals surface area (Å²) in [5, 5.41) is 23.5. The van der Waals surface area contributed by atoms with Crippen LogP contribution >= 0.6 is 11.8 Å². The molecule has 84 valence electrons. The van der Waals surface area contributed by atoms with Gasteiger partial charge in [-0.05, 0) is 16.8 Å². The molecular weight excluding hydrogens is 216 g/mol. The van der Waals surface area contributed by atoms with Crippen LogP contribution in [0.2, 0.25) is 0 Å². The molecule has 0 amide bonds. The van der Waals surface area contributed by atoms with Gasteiger partial charge in [0.2, 0.25) is 5.16 Å². The third kappa shape index (κ3) is 3.39. The van der Waals surface area contributed by atoms with Gasteiger partial charge in [0.05, 0.1) is 0 Å². The Bertz CT molecular complexity index is 338. The van der Waals surface area contributed by atoms with Gasteiger partial charge in [-0.1, -0.05) is 23.8 Å². The summed E-state index contributed by atoms with van der Waals surface area (Å²) in [6, 6.07) is 0. The first-order valence-corrected chi connectivity index (χ1v) is 5.40. The van der Waals surface area contributed by atoms with Crippen molar-refractivity contribution < 1.29 is 5.21 Å². The maximum absolute atomic E-state index is 8.47. The molecule has 0 fully saturated rings. The van der Waals surface area contributed by atoms with Gasteiger partial charge in [0.25, 0.3) is 0 Å². The van der Waals surface area contributed by atoms with Crippen LogP contribution in [-0.2, 0) is 7.05 Å². The first-order chi connectivity index (χ1) is 7.17. The van der Waals surface area contributed by atoms with Crippen molar-refractivity contribution in [3.05, 3.63) is 0 Å². The molecular formula is C7H14N6OS. The number of hydrogen-bond acceptors (Lipinski definition) is 6. The lowest BCUT2D eigenvalue weighted by Crippen LogP contribution is -2.18. The molecule has 0 aliphatic heterocycles. The Morgan fingerprint density at radius 1 is 1.73 bits per heavy atom. The molecule has 1 atom stereocenters. The summed E-state index contributed by atoms with van der Waals surface area (Å²) in [5.74, 6) is 0.226. The van der Waals surface area contributed by atoms with Gasteiger partial charge < -0.3 is 10.9 Å². The van der Waals surface area contributed by atoms with E-state index in [1.54, 1.807) is 11.7 Å². The summed E-state index contributed by atoms with van der Waals surface area (Å²) in [5.41, 5.74) is 5.44. The van der Waals surface area contributed by atoms with Crippen LogP contribution in [0.15, 0.2) is 10.3 Å². The maximum atomic E-state index is 8.47. The average Bonchev–Trinajstić information content (AvgIpc) is 2.63. The van der Waals surface area contributed by atoms with Crippen LogP contribution in [0.5, 0.6) is 0 Å². The number of tetrazole rings is 1. The third-order valence-corrected chi connectivity index (χ3v) is 3.26. The molecule has 0 bridgehead atoms. The molecule has 0 aromatic carbocycles. The highest BCUT2D eigenvalue weighted by atomic mass is 32.2. The summed E-state index contributed by atoms with van der Waals surface area (Å²) in [6.07, 6.45) is 1.41. The van der Waals surface area contributed by atoms with Crippen LogP contribution in [0, 0.1) is 0 Å². The Morgan fingerprint density at radius 3 is 2.93 bits per heavy atom. The third-order valence-electron chi connectivity index (χ3n) is 1.87. The average molecular weight is 230 g/mol. The molecule has 7 nitrogen and oxygen atoms in total. The molecule has 3 N–H and O–H groups in total. The fraction of sp³-hybridized carbons (Fsp3) is 0.714. The quantitative estimate of drug-likeness (QED) is 0.246. The minimum atomic E-state index is 0.214. The molecule has 15 heavy (non-hydrogen) atoms. The lowest BCUT2D eigenvalue weighted by molar-refractivity contribution is 0.316. The Morgan fingerprint density at radius 2 is 2.47 bits per heavy atom. The van der Waals surface area contributed by atoms with E-state index in [-0.39, 0.29) is 11.1 Å². The number of aryl methyl sites for hydroxylation is 1. The van der Waals surface area contributed by atoms with Crippen LogP contribution in [0.3, 0.4) is 0 Å². The predicted molar refractivity (Wildman–Crippen MR) is 56.8 cm³/mol. The normalized spacial score (nSPS) is 14.1. The van der Waals surface area contributed by atoms with E-state index in [9.17, 15) is 0 Å². The number of hydrogen-bond donors (Lipinski definition) is 2. The van der Waals surface area contributed by atoms with E-state index >= 15 is 0 Å². The smallest absolute Gasteiger partial charge is 0.209 e. The molecule has 1 aromatic rings. The van der Waals surface area contributed by atoms with Crippen LogP contribution in [-0.4, -0.2) is 36.5 Å². The van der Waals surface area contributed by atoms with Gasteiger partial charge in [-0.15, -0.1) is 5.10 Å². The monoisotopic (exact) mass is 230 g/mol. The highest BCUT2D eigenvalue weighted by molar-refractivity contribution is 7.99. The van der Waals surface area contributed by atoms with E-state index in [2.05, 4.69) is 20.7 Å². The number of nitrogens with zero attached hydrogens (tertiary/aromatic N) is 5. The topological polar surface area (TPSA) is 102 Å². The van der Waals surface area contributed by atoms with Crippen molar-refractivity contribution in [3.63, 3.8) is 0 Å². The molecule has 1 unspecified atom stereocenters. The van der Waals surface area contributed by atoms with Crippen LogP contribution in [0.4, 0.5) is 0 Å². The van der Waals surface area contributed by atoms with Gasteiger partial charge >= 0.3 is 0 Å². The first kappa shape index (κ1) is 11.8. The fourth-order valence-corrected chi connectivity index (χ4v) is 2.01. The van der Waals surface area contributed by atoms with Crippen molar-refractivity contribution in [1.29, 1.82) is 0 Å². The van der Waals surface area contributed by atoms with Crippen LogP contribution in [0.1, 0.15) is 19.8 Å². The van der Waals surface area contributed by atoms with Crippen LogP contribution < -0.4 is 5.73 Å². The molecule has 0 saturated carbocycles. The SMILES string of the molecule is CCC(C/C(N)=N/O)Sc1nnnn1C. The fourth-order valence-electron chi connectivity index (χ4n) is 1.01. The van der Waals surface area contributed by atoms with Crippen molar-refractivity contribution in [3.8, 4) is 0 Å². The van der Waals surface area contributed by atoms with E-state index in [1.165, 1.54) is 11.8 Å². The van der Waals surface area contributed by atoms with Crippen molar-refractivity contribution in [2.45, 2.75) is 30.2 Å². The Balaban J connectivity index is 2.58. The molecule has 0 radical (unpaired) electrons. The minimum absolute atomic E-state index is 0.214. The number of thioether (sulfide) groups is 1. The molecule has 1 heterocycles. The first-order valence-electron chi connectivity index (χ1n) is 4.52. The standard InChI is InChI=1S/C7H14N6OS/c1-3-5(4-6(8)10-14)15-7-9-11-12-13(7)2/h5,14H,3-4H2,1-2H3,(H2,8,10). The lowest BCUT2D eigenvalue weighted by atomic mass is 10.2. The van der Waals surface area contributed by atoms with E-state index < -0.39 is 0 Å². The molecule has 0 aliphatic carbocycles. The van der Waals surface area contributed by atoms with Crippen molar-refractivity contribution >= 4 is 17.6 Å². The van der Waals surface area contributed by atoms with E-state index in [4.69, 9.17) is 10.9 Å². The highest BCUT2D eigenvalue weighted by Crippen LogP contribution is 2.24. The summed E-state index contributed by atoms with van der Waals surface area (Å²) in [7, 11) is 1.78. The van der Waals surface area contributed by atoms with Gasteiger partial charge in [-0.3, -0.25) is 0 Å². The maximum Gasteiger partial charge on any atom is 0.209 e. The van der Waals surface area contributed by atoms with Crippen molar-refractivity contribution in [1.82, 2.24) is 20.2 Å². The predicted octanol–water partition coefficient (Wildman–Crippen LogP) is 0.217. The number of rotatable bonds is 5. The number of nitrogens with two attached hydrogens (primary N) is 1. The largest absolute Gasteiger partial charge is 0.409 e. The van der Waals surface area contributed by atoms with Crippen molar-refractivity contribution in [2.75, 3.05) is 0 Å². The molecule has 8 heteroatoms. The van der Waals surface area contributed by atoms with E-state index in [1.807, 2.05) is 6.92 Å². The second kappa shape index (κ2) is 5.54. The molecule has 1 aromatic heterocycles. The zero-order valence-electron chi connectivity index (χ0n) is 8.66. The van der Waals surface area contributed by atoms with Gasteiger partial charge in [0.1, 0.15) is 5.84 Å². The molecule has 1 rings (SSSR count). The zero-order chi connectivity index (χ0) is 11.3. The van der Waals surface area contributed by atoms with Crippen LogP contribution in [0.25, 0.3) is 0 Å². The minimum Gasteiger partial charge on any atom is -0.409 e. The number of aromatic nitrogens is 4. The Hall–Kier alpha value is -1.31. The van der Waals surface area contributed by atoms with Gasteiger partial charge in [-0.2, -0.15) is 0 Å². The second-order valence-electron chi connectivity index (χ2n) is 3.03. The second-order valence-corrected chi connectivity index (χ2v) is 4.30. The van der Waals surface area contributed by atoms with E-state index in [0.717, 1.165) is 11.6 Å². The summed E-state index contributed by atoms with van der Waals surface area (Å²) in [6.45, 7) is 2.03. The van der Waals surface area contributed by atoms with Gasteiger partial charge in [0.15, 0.2) is 0 Å². The Labute approximate surface area is 91.7 Å². The number of amidine groups is 1. The summed E-state index contributed by atoms with van der Waals surface area (Å²) >= 11 is 1.52. The summed E-state index contributed by atoms with van der Waals surface area (Å²) in [4.78, 5) is 0. The van der Waals surface area contributed by atoms with Gasteiger partial charge in [0, 0.05) is 18.7 Å². The molecule has 0 spiro atoms. The summed E-state index contributed by atoms with van der Waals surface area (Å²) < 4.78 is 1.60. The zero-order valence-corrected chi connectivity index (χ0v) is 9.48. The lowest BCUT2D eigenvalue weighted by Gasteiger charge is -2.11. The molecule has 0 aliphatic rings. The molecule has 0 saturated heterocycles. The Kier molecular flexibility index (Phi) is 4.35. The number of oxime groups is 1. The van der Waals surface area contributed by atoms with Gasteiger partial charge in [-0.25, -0.2) is 4.68 Å². The van der Waals surface area contributed by atoms with Crippen molar-refractivity contribution in [2.24, 2.45) is 17.9 Å². The highest BCUT2D eigenvalue weighted by Gasteiger charge is 2.14. The van der Waals surface area contributed by atoms with E-state index in [0.29, 0.717) is 6.42 Å².